The Bertz CT molecular complexity index is 268. The molecule has 0 aromatic rings. The summed E-state index contributed by atoms with van der Waals surface area (Å²) in [5.41, 5.74) is -0.218. The van der Waals surface area contributed by atoms with E-state index in [1.807, 2.05) is 0 Å². The molecule has 0 amide bonds. The van der Waals surface area contributed by atoms with Crippen LogP contribution >= 0.6 is 0 Å². The molecule has 0 aromatic carbocycles. The number of ether oxygens (including phenoxy) is 2. The molecule has 0 radical (unpaired) electrons. The second kappa shape index (κ2) is 6.21. The fraction of sp³-hybridized carbons (Fsp3) is 0.875. The summed E-state index contributed by atoms with van der Waals surface area (Å²) >= 11 is 0. The lowest BCUT2D eigenvalue weighted by atomic mass is 9.98. The van der Waals surface area contributed by atoms with Crippen molar-refractivity contribution >= 4 is 0 Å². The molecule has 2 nitrogen and oxygen atoms in total. The lowest BCUT2D eigenvalue weighted by Gasteiger charge is -2.37. The fourth-order valence-corrected chi connectivity index (χ4v) is 2.29. The largest absolute Gasteiger partial charge is 0.370 e. The highest BCUT2D eigenvalue weighted by Crippen LogP contribution is 2.26. The topological polar surface area (TPSA) is 18.5 Å². The van der Waals surface area contributed by atoms with Crippen LogP contribution in [0, 0.1) is 0 Å². The molecule has 18 heavy (non-hydrogen) atoms. The van der Waals surface area contributed by atoms with E-state index in [1.54, 1.807) is 0 Å². The predicted octanol–water partition coefficient (Wildman–Crippen LogP) is 4.48. The van der Waals surface area contributed by atoms with Crippen LogP contribution in [0.25, 0.3) is 0 Å². The van der Waals surface area contributed by atoms with Gasteiger partial charge in [0.25, 0.3) is 0 Å². The number of allylic oxidation sites excluding steroid dienone is 1. The molecule has 0 heterocycles. The monoisotopic (exact) mass is 254 g/mol. The molecule has 106 valence electrons. The second-order valence-electron chi connectivity index (χ2n) is 7.18. The Labute approximate surface area is 113 Å². The molecule has 0 N–H and O–H groups in total. The molecule has 0 saturated carbocycles. The van der Waals surface area contributed by atoms with Crippen LogP contribution in [0.15, 0.2) is 12.2 Å². The van der Waals surface area contributed by atoms with E-state index in [0.717, 1.165) is 19.3 Å². The highest BCUT2D eigenvalue weighted by atomic mass is 16.6. The summed E-state index contributed by atoms with van der Waals surface area (Å²) in [7, 11) is 0. The summed E-state index contributed by atoms with van der Waals surface area (Å²) in [5.74, 6) is 0. The molecular formula is C16H30O2. The molecule has 1 rings (SSSR count). The summed E-state index contributed by atoms with van der Waals surface area (Å²) in [4.78, 5) is 0. The van der Waals surface area contributed by atoms with Crippen molar-refractivity contribution in [2.45, 2.75) is 90.6 Å². The van der Waals surface area contributed by atoms with Gasteiger partial charge >= 0.3 is 0 Å². The number of rotatable bonds is 2. The summed E-state index contributed by atoms with van der Waals surface area (Å²) in [6.45, 7) is 12.7. The highest BCUT2D eigenvalue weighted by molar-refractivity contribution is 4.91. The molecule has 2 unspecified atom stereocenters. The van der Waals surface area contributed by atoms with E-state index in [1.165, 1.54) is 6.42 Å². The second-order valence-corrected chi connectivity index (χ2v) is 7.18. The summed E-state index contributed by atoms with van der Waals surface area (Å²) in [6, 6.07) is 0. The van der Waals surface area contributed by atoms with Crippen molar-refractivity contribution in [3.05, 3.63) is 12.2 Å². The maximum absolute atomic E-state index is 6.21. The van der Waals surface area contributed by atoms with Crippen molar-refractivity contribution in [2.75, 3.05) is 0 Å². The van der Waals surface area contributed by atoms with Crippen LogP contribution < -0.4 is 0 Å². The first kappa shape index (κ1) is 15.7. The van der Waals surface area contributed by atoms with Crippen LogP contribution in [-0.4, -0.2) is 23.4 Å². The SMILES string of the molecule is CC(C)(C)OC1CC=CCCCC1OC(C)(C)C. The van der Waals surface area contributed by atoms with Gasteiger partial charge in [-0.05, 0) is 67.2 Å². The first-order valence-corrected chi connectivity index (χ1v) is 7.18. The third-order valence-electron chi connectivity index (χ3n) is 2.82. The molecule has 2 atom stereocenters. The Hall–Kier alpha value is -0.340. The van der Waals surface area contributed by atoms with E-state index in [-0.39, 0.29) is 23.4 Å². The average Bonchev–Trinajstić information content (AvgIpc) is 2.12. The Morgan fingerprint density at radius 1 is 0.833 bits per heavy atom. The molecule has 0 spiro atoms. The molecule has 0 fully saturated rings. The van der Waals surface area contributed by atoms with E-state index in [4.69, 9.17) is 9.47 Å². The van der Waals surface area contributed by atoms with Gasteiger partial charge in [-0.3, -0.25) is 0 Å². The lowest BCUT2D eigenvalue weighted by Crippen LogP contribution is -2.41. The zero-order chi connectivity index (χ0) is 13.8. The molecule has 0 bridgehead atoms. The van der Waals surface area contributed by atoms with Crippen LogP contribution in [0.4, 0.5) is 0 Å². The lowest BCUT2D eigenvalue weighted by molar-refractivity contribution is -0.164. The van der Waals surface area contributed by atoms with E-state index < -0.39 is 0 Å². The van der Waals surface area contributed by atoms with Crippen molar-refractivity contribution in [3.8, 4) is 0 Å². The third kappa shape index (κ3) is 6.55. The minimum atomic E-state index is -0.114. The van der Waals surface area contributed by atoms with Crippen molar-refractivity contribution in [1.29, 1.82) is 0 Å². The van der Waals surface area contributed by atoms with Gasteiger partial charge in [-0.1, -0.05) is 12.2 Å². The standard InChI is InChI=1S/C16H30O2/c1-15(2,3)17-13-11-9-7-8-10-12-14(13)18-16(4,5)6/h7,9,13-14H,8,10-12H2,1-6H3. The third-order valence-corrected chi connectivity index (χ3v) is 2.82. The van der Waals surface area contributed by atoms with E-state index >= 15 is 0 Å². The molecule has 2 heteroatoms. The molecule has 1 aliphatic rings. The van der Waals surface area contributed by atoms with E-state index in [0.29, 0.717) is 0 Å². The van der Waals surface area contributed by atoms with Crippen molar-refractivity contribution in [3.63, 3.8) is 0 Å². The van der Waals surface area contributed by atoms with Crippen molar-refractivity contribution in [1.82, 2.24) is 0 Å². The zero-order valence-electron chi connectivity index (χ0n) is 13.0. The molecule has 1 aliphatic carbocycles. The van der Waals surface area contributed by atoms with Crippen molar-refractivity contribution < 1.29 is 9.47 Å². The van der Waals surface area contributed by atoms with Crippen LogP contribution in [0.5, 0.6) is 0 Å². The van der Waals surface area contributed by atoms with Gasteiger partial charge in [-0.15, -0.1) is 0 Å². The van der Waals surface area contributed by atoms with E-state index in [2.05, 4.69) is 53.7 Å². The summed E-state index contributed by atoms with van der Waals surface area (Å²) in [6.07, 6.45) is 9.27. The number of hydrogen-bond donors (Lipinski definition) is 0. The predicted molar refractivity (Wildman–Crippen MR) is 76.9 cm³/mol. The Morgan fingerprint density at radius 2 is 1.39 bits per heavy atom. The van der Waals surface area contributed by atoms with Gasteiger partial charge in [0.05, 0.1) is 23.4 Å². The van der Waals surface area contributed by atoms with E-state index in [9.17, 15) is 0 Å². The Kier molecular flexibility index (Phi) is 5.42. The minimum absolute atomic E-state index is 0.104. The maximum Gasteiger partial charge on any atom is 0.0878 e. The quantitative estimate of drug-likeness (QED) is 0.676. The smallest absolute Gasteiger partial charge is 0.0878 e. The highest BCUT2D eigenvalue weighted by Gasteiger charge is 2.30. The van der Waals surface area contributed by atoms with Crippen LogP contribution in [0.1, 0.15) is 67.2 Å². The first-order chi connectivity index (χ1) is 8.17. The van der Waals surface area contributed by atoms with Crippen LogP contribution in [-0.2, 0) is 9.47 Å². The zero-order valence-corrected chi connectivity index (χ0v) is 13.0. The van der Waals surface area contributed by atoms with Crippen molar-refractivity contribution in [2.24, 2.45) is 0 Å². The molecule has 0 aliphatic heterocycles. The van der Waals surface area contributed by atoms with Crippen LogP contribution in [0.3, 0.4) is 0 Å². The maximum atomic E-state index is 6.21. The normalized spacial score (nSPS) is 26.8. The Morgan fingerprint density at radius 3 is 1.94 bits per heavy atom. The van der Waals surface area contributed by atoms with Gasteiger partial charge in [-0.25, -0.2) is 0 Å². The molecule has 0 aromatic heterocycles. The van der Waals surface area contributed by atoms with Gasteiger partial charge in [0.1, 0.15) is 0 Å². The van der Waals surface area contributed by atoms with Gasteiger partial charge in [-0.2, -0.15) is 0 Å². The summed E-state index contributed by atoms with van der Waals surface area (Å²) < 4.78 is 12.4. The van der Waals surface area contributed by atoms with Gasteiger partial charge in [0.2, 0.25) is 0 Å². The van der Waals surface area contributed by atoms with Crippen LogP contribution in [0.2, 0.25) is 0 Å². The molecule has 0 saturated heterocycles. The van der Waals surface area contributed by atoms with Gasteiger partial charge in [0.15, 0.2) is 0 Å². The number of hydrogen-bond acceptors (Lipinski definition) is 2. The van der Waals surface area contributed by atoms with Gasteiger partial charge in [0, 0.05) is 0 Å². The fourth-order valence-electron chi connectivity index (χ4n) is 2.29. The first-order valence-electron chi connectivity index (χ1n) is 7.18. The van der Waals surface area contributed by atoms with Gasteiger partial charge < -0.3 is 9.47 Å². The Balaban J connectivity index is 2.74. The molecular weight excluding hydrogens is 224 g/mol. The summed E-state index contributed by atoms with van der Waals surface area (Å²) in [5, 5.41) is 0. The minimum Gasteiger partial charge on any atom is -0.370 e. The average molecular weight is 254 g/mol.